The minimum atomic E-state index is -1.92. The number of carbonyl (C=O) groups excluding carboxylic acids is 11. The monoisotopic (exact) mass is 1460 g/mol. The van der Waals surface area contributed by atoms with E-state index in [1.807, 2.05) is 45.9 Å². The molecule has 0 radical (unpaired) electrons. The second kappa shape index (κ2) is 28.9. The van der Waals surface area contributed by atoms with E-state index >= 15 is 0 Å². The molecule has 0 aromatic carbocycles. The van der Waals surface area contributed by atoms with Gasteiger partial charge in [-0.25, -0.2) is 0 Å². The van der Waals surface area contributed by atoms with Crippen molar-refractivity contribution in [3.63, 3.8) is 0 Å². The zero-order valence-corrected chi connectivity index (χ0v) is 62.8. The molecule has 12 aliphatic carbocycles. The molecule has 0 aliphatic heterocycles. The Bertz CT molecular complexity index is 3600. The van der Waals surface area contributed by atoms with Gasteiger partial charge in [-0.1, -0.05) is 104 Å². The molecule has 25 atom stereocenters. The molecule has 0 bridgehead atoms. The molecular weight excluding hydrogens is 1350 g/mol. The predicted molar refractivity (Wildman–Crippen MR) is 377 cm³/mol. The van der Waals surface area contributed by atoms with Crippen LogP contribution in [-0.2, 0) is 81.2 Å². The van der Waals surface area contributed by atoms with Gasteiger partial charge < -0.3 is 54.0 Å². The fraction of sp³-hybridized carbons (Fsp3) is 0.723. The van der Waals surface area contributed by atoms with Crippen molar-refractivity contribution >= 4 is 64.5 Å². The van der Waals surface area contributed by atoms with Crippen LogP contribution in [0, 0.1) is 115 Å². The summed E-state index contributed by atoms with van der Waals surface area (Å²) in [4.78, 5) is 146. The minimum Gasteiger partial charge on any atom is -0.465 e. The van der Waals surface area contributed by atoms with Gasteiger partial charge in [0.1, 0.15) is 16.8 Å². The average molecular weight is 1460 g/mol. The summed E-state index contributed by atoms with van der Waals surface area (Å²) in [5, 5.41) is 60.6. The number of ketones is 6. The lowest BCUT2D eigenvalue weighted by atomic mass is 9.43. The van der Waals surface area contributed by atoms with E-state index in [9.17, 15) is 78.3 Å². The molecule has 9 fully saturated rings. The van der Waals surface area contributed by atoms with Crippen LogP contribution in [-0.4, -0.2) is 165 Å². The van der Waals surface area contributed by atoms with Gasteiger partial charge in [0.05, 0.1) is 63.6 Å². The van der Waals surface area contributed by atoms with E-state index in [1.165, 1.54) is 0 Å². The molecule has 22 nitrogen and oxygen atoms in total. The number of carbonyl (C=O) groups is 11. The summed E-state index contributed by atoms with van der Waals surface area (Å²) in [7, 11) is 0. The maximum atomic E-state index is 14.1. The largest absolute Gasteiger partial charge is 0.465 e. The van der Waals surface area contributed by atoms with Gasteiger partial charge in [-0.2, -0.15) is 0 Å². The Labute approximate surface area is 615 Å². The van der Waals surface area contributed by atoms with Crippen molar-refractivity contribution in [1.29, 1.82) is 0 Å². The van der Waals surface area contributed by atoms with Crippen LogP contribution in [0.3, 0.4) is 0 Å². The highest BCUT2D eigenvalue weighted by molar-refractivity contribution is 6.02. The fourth-order valence-electron chi connectivity index (χ4n) is 24.9. The lowest BCUT2D eigenvalue weighted by molar-refractivity contribution is -0.182. The van der Waals surface area contributed by atoms with Gasteiger partial charge in [-0.05, 0) is 185 Å². The molecule has 105 heavy (non-hydrogen) atoms. The van der Waals surface area contributed by atoms with E-state index in [-0.39, 0.29) is 158 Å². The average Bonchev–Trinajstić information content (AvgIpc) is 1.63. The van der Waals surface area contributed by atoms with Crippen LogP contribution in [0.15, 0.2) is 71.4 Å². The summed E-state index contributed by atoms with van der Waals surface area (Å²) in [6.07, 6.45) is 17.0. The van der Waals surface area contributed by atoms with E-state index in [4.69, 9.17) is 28.4 Å². The van der Waals surface area contributed by atoms with E-state index in [0.717, 1.165) is 23.1 Å². The summed E-state index contributed by atoms with van der Waals surface area (Å²) in [6.45, 7) is 17.1. The highest BCUT2D eigenvalue weighted by atomic mass is 16.6. The van der Waals surface area contributed by atoms with E-state index in [0.29, 0.717) is 38.5 Å². The molecule has 0 aromatic rings. The summed E-state index contributed by atoms with van der Waals surface area (Å²) in [6, 6.07) is 0. The van der Waals surface area contributed by atoms with Gasteiger partial charge in [0.25, 0.3) is 0 Å². The number of rotatable bonds is 25. The lowest BCUT2D eigenvalue weighted by Gasteiger charge is -2.61. The Kier molecular flexibility index (Phi) is 21.5. The third-order valence-electron chi connectivity index (χ3n) is 29.7. The Morgan fingerprint density at radius 2 is 0.752 bits per heavy atom. The summed E-state index contributed by atoms with van der Waals surface area (Å²) in [5.41, 5.74) is -6.78. The Morgan fingerprint density at radius 3 is 1.11 bits per heavy atom. The summed E-state index contributed by atoms with van der Waals surface area (Å²) in [5.74, 6) is -7.39. The second-order valence-electron chi connectivity index (χ2n) is 35.5. The fourth-order valence-corrected chi connectivity index (χ4v) is 24.9. The third-order valence-corrected chi connectivity index (χ3v) is 29.7. The van der Waals surface area contributed by atoms with Gasteiger partial charge in [-0.15, -0.1) is 0 Å². The molecule has 9 saturated carbocycles. The number of hydrogen-bond donors (Lipinski definition) is 5. The van der Waals surface area contributed by atoms with Crippen LogP contribution in [0.1, 0.15) is 185 Å². The van der Waals surface area contributed by atoms with Crippen molar-refractivity contribution in [3.05, 3.63) is 71.4 Å². The maximum Gasteiger partial charge on any atom is 0.306 e. The van der Waals surface area contributed by atoms with E-state index in [1.54, 1.807) is 36.5 Å². The predicted octanol–water partition coefficient (Wildman–Crippen LogP) is 8.43. The van der Waals surface area contributed by atoms with E-state index in [2.05, 4.69) is 41.5 Å². The summed E-state index contributed by atoms with van der Waals surface area (Å²) < 4.78 is 33.2. The molecule has 1 unspecified atom stereocenters. The molecule has 574 valence electrons. The van der Waals surface area contributed by atoms with Crippen molar-refractivity contribution in [2.24, 2.45) is 115 Å². The SMILES string of the molecule is C[C@@H]1C[C@H]2[C@@H]([C@H](O)C[C@]3(C)[C@@H]2CC[C@@]3(O)C(=O)COC(=O)CCCOCC(COC(=O)CCC(=O)OCC(=O)[C@@]2(O)CC[C@H]3[C@@H]4C[C@H](C)C5=CC(=O)C=C[C@]5(C)[C@H]4[C@@H](C)C[C@@]32C)COC(=O)CCC(=O)OCC(=O)[C@@]2(O)CC[C@H]3[C@@H]4C[C@H](C)C5=CC(=O)C=C[C@]5(C)[C@H]4[C@@H](O)C[C@@]32C)[C@]2(C)C=CC(=O)C=C12. The second-order valence-corrected chi connectivity index (χ2v) is 35.5. The number of esters is 5. The molecule has 0 saturated heterocycles. The Balaban J connectivity index is 0.613. The molecule has 0 aromatic heterocycles. The minimum absolute atomic E-state index is 0.00773. The van der Waals surface area contributed by atoms with Crippen LogP contribution < -0.4 is 0 Å². The first-order valence-corrected chi connectivity index (χ1v) is 38.7. The molecular formula is C83H110O22. The number of Topliss-reactive ketones (excluding diaryl/α,β-unsaturated/α-hetero) is 3. The maximum absolute atomic E-state index is 14.1. The number of allylic oxidation sites excluding steroid dienone is 12. The van der Waals surface area contributed by atoms with Crippen LogP contribution >= 0.6 is 0 Å². The standard InChI is InChI=1S/C83H110O22/c1-45-30-53-56-20-26-81(97,78(56,8)36-48(4)72(53)75(5)23-17-50(84)33-59(45)75)64(89)43-104-70(95)15-13-68(93)101-40-49(39-100-29-11-12-67(92)103-42-65(90)82(98)27-21-57-54-31-46(2)60-34-51(85)18-24-76(60,6)73(54)62(87)37-79(57,82)9)41-102-69(94)14-16-71(96)105-44-66(91)83(99)28-22-58-55-32-47(3)61-35-52(86)19-25-77(61,7)74(55)63(88)38-80(58,83)10/h17-19,23-25,33-35,45-49,53-58,62-63,72-74,87-88,97-99H,11-16,20-22,26-32,36-44H2,1-10H3/t45-,46+,47-,48-,49?,53-,54+,55-,56-,57+,58-,62+,63-,72-,73-,74+,75-,76+,77-,78-,79+,80-,81-,82+,83-/m0/s1. The Morgan fingerprint density at radius 1 is 0.438 bits per heavy atom. The molecule has 0 amide bonds. The van der Waals surface area contributed by atoms with Gasteiger partial charge in [0.2, 0.25) is 17.3 Å². The summed E-state index contributed by atoms with van der Waals surface area (Å²) >= 11 is 0. The van der Waals surface area contributed by atoms with Crippen LogP contribution in [0.25, 0.3) is 0 Å². The number of hydrogen-bond acceptors (Lipinski definition) is 22. The van der Waals surface area contributed by atoms with Crippen LogP contribution in [0.4, 0.5) is 0 Å². The molecule has 0 spiro atoms. The van der Waals surface area contributed by atoms with Crippen molar-refractivity contribution in [1.82, 2.24) is 0 Å². The zero-order chi connectivity index (χ0) is 76.1. The first-order valence-electron chi connectivity index (χ1n) is 38.7. The zero-order valence-electron chi connectivity index (χ0n) is 62.8. The lowest BCUT2D eigenvalue weighted by Crippen LogP contribution is -2.62. The molecule has 5 N–H and O–H groups in total. The van der Waals surface area contributed by atoms with Gasteiger partial charge in [0.15, 0.2) is 37.2 Å². The topological polar surface area (TPSA) is 344 Å². The number of fused-ring (bicyclic) bond motifs is 15. The number of aliphatic hydroxyl groups excluding tert-OH is 2. The highest BCUT2D eigenvalue weighted by Gasteiger charge is 2.72. The third kappa shape index (κ3) is 13.3. The van der Waals surface area contributed by atoms with Crippen molar-refractivity contribution < 1.29 is 107 Å². The molecule has 12 aliphatic rings. The molecule has 22 heteroatoms. The van der Waals surface area contributed by atoms with Gasteiger partial charge in [-0.3, -0.25) is 52.7 Å². The Hall–Kier alpha value is -6.43. The first-order chi connectivity index (χ1) is 49.3. The van der Waals surface area contributed by atoms with Gasteiger partial charge in [0, 0.05) is 57.4 Å². The number of aliphatic hydroxyl groups is 5. The van der Waals surface area contributed by atoms with Crippen molar-refractivity contribution in [3.8, 4) is 0 Å². The van der Waals surface area contributed by atoms with E-state index < -0.39 is 168 Å². The van der Waals surface area contributed by atoms with Crippen molar-refractivity contribution in [2.45, 2.75) is 214 Å². The first kappa shape index (κ1) is 78.2. The molecule has 12 rings (SSSR count). The normalized spacial score (nSPS) is 42.6. The quantitative estimate of drug-likeness (QED) is 0.0325. The smallest absolute Gasteiger partial charge is 0.306 e. The molecule has 0 heterocycles. The van der Waals surface area contributed by atoms with Crippen LogP contribution in [0.2, 0.25) is 0 Å². The number of ether oxygens (including phenoxy) is 6. The van der Waals surface area contributed by atoms with Crippen molar-refractivity contribution in [2.75, 3.05) is 46.2 Å². The highest BCUT2D eigenvalue weighted by Crippen LogP contribution is 2.72. The van der Waals surface area contributed by atoms with Gasteiger partial charge >= 0.3 is 29.8 Å². The van der Waals surface area contributed by atoms with Crippen LogP contribution in [0.5, 0.6) is 0 Å².